The summed E-state index contributed by atoms with van der Waals surface area (Å²) in [4.78, 5) is 16.6. The monoisotopic (exact) mass is 326 g/mol. The molecule has 0 aliphatic carbocycles. The number of carbonyl (C=O) groups excluding carboxylic acids is 1. The van der Waals surface area contributed by atoms with E-state index in [1.54, 1.807) is 24.3 Å². The number of amides is 1. The van der Waals surface area contributed by atoms with Gasteiger partial charge in [0.1, 0.15) is 0 Å². The first-order valence-electron chi connectivity index (χ1n) is 7.20. The summed E-state index contributed by atoms with van der Waals surface area (Å²) in [7, 11) is 0. The standard InChI is InChI=1S/C18H15ClN2O2/c19-15-7-3-2-6-14(15)17(22)18(23)20-11-13-10-9-12-5-1-4-8-16(12)21-13/h1-10,17,22H,11H2,(H,20,23). The predicted octanol–water partition coefficient (Wildman–Crippen LogP) is 3.24. The van der Waals surface area contributed by atoms with Crippen molar-refractivity contribution in [3.8, 4) is 0 Å². The molecule has 0 aliphatic rings. The molecule has 23 heavy (non-hydrogen) atoms. The SMILES string of the molecule is O=C(NCc1ccc2ccccc2n1)C(O)c1ccccc1Cl. The van der Waals surface area contributed by atoms with Gasteiger partial charge >= 0.3 is 0 Å². The molecule has 0 saturated carbocycles. The van der Waals surface area contributed by atoms with E-state index in [1.807, 2.05) is 36.4 Å². The molecular formula is C18H15ClN2O2. The molecule has 1 unspecified atom stereocenters. The van der Waals surface area contributed by atoms with Crippen LogP contribution in [0.5, 0.6) is 0 Å². The molecular weight excluding hydrogens is 312 g/mol. The van der Waals surface area contributed by atoms with E-state index < -0.39 is 12.0 Å². The molecule has 2 aromatic carbocycles. The van der Waals surface area contributed by atoms with Gasteiger partial charge in [-0.25, -0.2) is 0 Å². The summed E-state index contributed by atoms with van der Waals surface area (Å²) in [6.07, 6.45) is -1.30. The molecule has 5 heteroatoms. The Labute approximate surface area is 138 Å². The van der Waals surface area contributed by atoms with Crippen molar-refractivity contribution in [3.05, 3.63) is 76.9 Å². The average molecular weight is 327 g/mol. The Morgan fingerprint density at radius 2 is 1.83 bits per heavy atom. The van der Waals surface area contributed by atoms with Gasteiger partial charge in [0.2, 0.25) is 0 Å². The molecule has 4 nitrogen and oxygen atoms in total. The molecule has 0 saturated heterocycles. The van der Waals surface area contributed by atoms with Crippen molar-refractivity contribution < 1.29 is 9.90 Å². The van der Waals surface area contributed by atoms with Crippen molar-refractivity contribution in [3.63, 3.8) is 0 Å². The van der Waals surface area contributed by atoms with Crippen LogP contribution in [0.1, 0.15) is 17.4 Å². The van der Waals surface area contributed by atoms with Crippen LogP contribution in [-0.4, -0.2) is 16.0 Å². The van der Waals surface area contributed by atoms with Crippen LogP contribution in [0.25, 0.3) is 10.9 Å². The Morgan fingerprint density at radius 3 is 2.65 bits per heavy atom. The van der Waals surface area contributed by atoms with Gasteiger partial charge in [0.05, 0.1) is 17.8 Å². The summed E-state index contributed by atoms with van der Waals surface area (Å²) in [5.74, 6) is -0.506. The van der Waals surface area contributed by atoms with Gasteiger partial charge in [-0.3, -0.25) is 9.78 Å². The number of halogens is 1. The van der Waals surface area contributed by atoms with Crippen molar-refractivity contribution in [2.24, 2.45) is 0 Å². The maximum Gasteiger partial charge on any atom is 0.253 e. The second-order valence-corrected chi connectivity index (χ2v) is 5.54. The molecule has 3 rings (SSSR count). The number of nitrogens with one attached hydrogen (secondary N) is 1. The first-order chi connectivity index (χ1) is 11.1. The minimum absolute atomic E-state index is 0.241. The number of rotatable bonds is 4. The second kappa shape index (κ2) is 6.77. The highest BCUT2D eigenvalue weighted by Crippen LogP contribution is 2.22. The molecule has 0 bridgehead atoms. The Morgan fingerprint density at radius 1 is 1.09 bits per heavy atom. The van der Waals surface area contributed by atoms with Gasteiger partial charge in [0.25, 0.3) is 5.91 Å². The number of carbonyl (C=O) groups is 1. The minimum Gasteiger partial charge on any atom is -0.378 e. The molecule has 1 heterocycles. The van der Waals surface area contributed by atoms with E-state index in [9.17, 15) is 9.90 Å². The van der Waals surface area contributed by atoms with E-state index in [-0.39, 0.29) is 6.54 Å². The molecule has 0 radical (unpaired) electrons. The molecule has 1 atom stereocenters. The van der Waals surface area contributed by atoms with Crippen LogP contribution in [0.3, 0.4) is 0 Å². The minimum atomic E-state index is -1.30. The summed E-state index contributed by atoms with van der Waals surface area (Å²) in [6.45, 7) is 0.241. The van der Waals surface area contributed by atoms with Crippen molar-refractivity contribution in [1.29, 1.82) is 0 Å². The fourth-order valence-electron chi connectivity index (χ4n) is 2.32. The normalized spacial score (nSPS) is 12.1. The van der Waals surface area contributed by atoms with Gasteiger partial charge < -0.3 is 10.4 Å². The number of hydrogen-bond donors (Lipinski definition) is 2. The third kappa shape index (κ3) is 3.50. The zero-order valence-corrected chi connectivity index (χ0v) is 13.0. The van der Waals surface area contributed by atoms with Crippen molar-refractivity contribution in [1.82, 2.24) is 10.3 Å². The third-order valence-corrected chi connectivity index (χ3v) is 3.89. The van der Waals surface area contributed by atoms with Crippen LogP contribution >= 0.6 is 11.6 Å². The lowest BCUT2D eigenvalue weighted by atomic mass is 10.1. The quantitative estimate of drug-likeness (QED) is 0.773. The number of aliphatic hydroxyl groups excluding tert-OH is 1. The number of pyridine rings is 1. The largest absolute Gasteiger partial charge is 0.378 e. The Balaban J connectivity index is 1.69. The molecule has 116 valence electrons. The maximum atomic E-state index is 12.1. The number of benzene rings is 2. The van der Waals surface area contributed by atoms with Crippen LogP contribution in [0.4, 0.5) is 0 Å². The van der Waals surface area contributed by atoms with Crippen molar-refractivity contribution >= 4 is 28.4 Å². The van der Waals surface area contributed by atoms with Crippen LogP contribution in [-0.2, 0) is 11.3 Å². The average Bonchev–Trinajstić information content (AvgIpc) is 2.59. The van der Waals surface area contributed by atoms with Crippen LogP contribution in [0, 0.1) is 0 Å². The maximum absolute atomic E-state index is 12.1. The predicted molar refractivity (Wildman–Crippen MR) is 90.0 cm³/mol. The van der Waals surface area contributed by atoms with Crippen LogP contribution < -0.4 is 5.32 Å². The summed E-state index contributed by atoms with van der Waals surface area (Å²) < 4.78 is 0. The Bertz CT molecular complexity index is 851. The number of fused-ring (bicyclic) bond motifs is 1. The van der Waals surface area contributed by atoms with Crippen molar-refractivity contribution in [2.45, 2.75) is 12.6 Å². The lowest BCUT2D eigenvalue weighted by Gasteiger charge is -2.13. The zero-order chi connectivity index (χ0) is 16.2. The molecule has 2 N–H and O–H groups in total. The summed E-state index contributed by atoms with van der Waals surface area (Å²) in [5, 5.41) is 14.2. The van der Waals surface area contributed by atoms with Crippen molar-refractivity contribution in [2.75, 3.05) is 0 Å². The molecule has 0 spiro atoms. The summed E-state index contributed by atoms with van der Waals surface area (Å²) in [6, 6.07) is 18.3. The molecule has 3 aromatic rings. The second-order valence-electron chi connectivity index (χ2n) is 5.14. The molecule has 0 aliphatic heterocycles. The molecule has 1 aromatic heterocycles. The number of aromatic nitrogens is 1. The van der Waals surface area contributed by atoms with Gasteiger partial charge in [-0.05, 0) is 18.2 Å². The highest BCUT2D eigenvalue weighted by Gasteiger charge is 2.19. The number of para-hydroxylation sites is 1. The third-order valence-electron chi connectivity index (χ3n) is 3.55. The molecule has 1 amide bonds. The number of aliphatic hydroxyl groups is 1. The van der Waals surface area contributed by atoms with E-state index in [4.69, 9.17) is 11.6 Å². The van der Waals surface area contributed by atoms with Gasteiger partial charge in [-0.2, -0.15) is 0 Å². The highest BCUT2D eigenvalue weighted by molar-refractivity contribution is 6.31. The summed E-state index contributed by atoms with van der Waals surface area (Å²) in [5.41, 5.74) is 1.98. The lowest BCUT2D eigenvalue weighted by molar-refractivity contribution is -0.129. The Kier molecular flexibility index (Phi) is 4.55. The number of nitrogens with zero attached hydrogens (tertiary/aromatic N) is 1. The zero-order valence-electron chi connectivity index (χ0n) is 12.2. The van der Waals surface area contributed by atoms with E-state index in [0.717, 1.165) is 16.6 Å². The van der Waals surface area contributed by atoms with Crippen LogP contribution in [0.15, 0.2) is 60.7 Å². The molecule has 0 fully saturated rings. The first-order valence-corrected chi connectivity index (χ1v) is 7.58. The lowest BCUT2D eigenvalue weighted by Crippen LogP contribution is -2.29. The smallest absolute Gasteiger partial charge is 0.253 e. The highest BCUT2D eigenvalue weighted by atomic mass is 35.5. The van der Waals surface area contributed by atoms with E-state index in [0.29, 0.717) is 10.6 Å². The van der Waals surface area contributed by atoms with Crippen LogP contribution in [0.2, 0.25) is 5.02 Å². The van der Waals surface area contributed by atoms with E-state index in [1.165, 1.54) is 0 Å². The van der Waals surface area contributed by atoms with E-state index >= 15 is 0 Å². The number of hydrogen-bond acceptors (Lipinski definition) is 3. The van der Waals surface area contributed by atoms with E-state index in [2.05, 4.69) is 10.3 Å². The fourth-order valence-corrected chi connectivity index (χ4v) is 2.56. The first kappa shape index (κ1) is 15.5. The van der Waals surface area contributed by atoms with Gasteiger partial charge in [0.15, 0.2) is 6.10 Å². The van der Waals surface area contributed by atoms with Gasteiger partial charge in [0, 0.05) is 16.0 Å². The fraction of sp³-hybridized carbons (Fsp3) is 0.111. The topological polar surface area (TPSA) is 62.2 Å². The van der Waals surface area contributed by atoms with Gasteiger partial charge in [-0.15, -0.1) is 0 Å². The Hall–Kier alpha value is -2.43. The summed E-state index contributed by atoms with van der Waals surface area (Å²) >= 11 is 5.99. The van der Waals surface area contributed by atoms with Gasteiger partial charge in [-0.1, -0.05) is 54.1 Å².